The molecule has 10 aromatic rings. The third kappa shape index (κ3) is 2.88. The quantitative estimate of drug-likeness (QED) is 0.143. The molecule has 0 bridgehead atoms. The van der Waals surface area contributed by atoms with Crippen LogP contribution in [0.3, 0.4) is 0 Å². The summed E-state index contributed by atoms with van der Waals surface area (Å²) in [7, 11) is 0. The average Bonchev–Trinajstić information content (AvgIpc) is 3.79. The number of hydrogen-bond donors (Lipinski definition) is 0. The normalized spacial score (nSPS) is 18.9. The first-order valence-corrected chi connectivity index (χ1v) is 21.4. The smallest absolute Gasteiger partial charge is 0.308 e. The van der Waals surface area contributed by atoms with E-state index in [1.807, 2.05) is 0 Å². The maximum Gasteiger partial charge on any atom is 0.319 e. The fraction of sp³-hybridized carbons (Fsp3) is 0.127. The van der Waals surface area contributed by atoms with E-state index in [-0.39, 0.29) is 10.8 Å². The van der Waals surface area contributed by atoms with Crippen molar-refractivity contribution in [3.05, 3.63) is 185 Å². The van der Waals surface area contributed by atoms with Crippen LogP contribution in [0.2, 0.25) is 0 Å². The van der Waals surface area contributed by atoms with Crippen LogP contribution < -0.4 is 18.9 Å². The van der Waals surface area contributed by atoms with E-state index in [1.165, 1.54) is 128 Å². The van der Waals surface area contributed by atoms with Gasteiger partial charge in [0.25, 0.3) is 11.6 Å². The molecule has 0 saturated carbocycles. The molecule has 280 valence electrons. The largest absolute Gasteiger partial charge is 0.319 e. The lowest BCUT2D eigenvalue weighted by Crippen LogP contribution is -2.76. The fourth-order valence-corrected chi connectivity index (χ4v) is 13.3. The lowest BCUT2D eigenvalue weighted by molar-refractivity contribution is -0.931. The van der Waals surface area contributed by atoms with Crippen LogP contribution in [0.4, 0.5) is 34.3 Å². The highest BCUT2D eigenvalue weighted by molar-refractivity contribution is 6.15. The van der Waals surface area contributed by atoms with E-state index in [4.69, 9.17) is 0 Å². The van der Waals surface area contributed by atoms with E-state index in [0.29, 0.717) is 0 Å². The highest BCUT2D eigenvalue weighted by Crippen LogP contribution is 2.69. The topological polar surface area (TPSA) is 19.2 Å². The molecule has 0 radical (unpaired) electrons. The van der Waals surface area contributed by atoms with Gasteiger partial charge < -0.3 is 4.90 Å². The summed E-state index contributed by atoms with van der Waals surface area (Å²) in [6.45, 7) is 9.85. The lowest BCUT2D eigenvalue weighted by atomic mass is 9.63. The van der Waals surface area contributed by atoms with Crippen molar-refractivity contribution in [2.24, 2.45) is 0 Å². The number of para-hydroxylation sites is 3. The molecule has 0 N–H and O–H groups in total. The molecule has 9 heterocycles. The molecule has 1 spiro atoms. The predicted molar refractivity (Wildman–Crippen MR) is 240 cm³/mol. The summed E-state index contributed by atoms with van der Waals surface area (Å²) in [5.74, 6) is 2.41. The van der Waals surface area contributed by atoms with Gasteiger partial charge >= 0.3 is 5.66 Å². The molecule has 1 atom stereocenters. The number of hydrogen-bond acceptors (Lipinski definition) is 2. The van der Waals surface area contributed by atoms with Gasteiger partial charge in [0.2, 0.25) is 0 Å². The van der Waals surface area contributed by atoms with Crippen LogP contribution in [0, 0.1) is 0 Å². The van der Waals surface area contributed by atoms with Crippen molar-refractivity contribution >= 4 is 77.6 Å². The second-order valence-corrected chi connectivity index (χ2v) is 18.9. The Bertz CT molecular complexity index is 3810. The molecule has 5 heteroatoms. The third-order valence-electron chi connectivity index (χ3n) is 15.7. The van der Waals surface area contributed by atoms with Crippen molar-refractivity contribution < 1.29 is 9.13 Å². The highest BCUT2D eigenvalue weighted by Gasteiger charge is 2.72. The highest BCUT2D eigenvalue weighted by atomic mass is 15.5. The molecular formula is C55H37N5+2. The van der Waals surface area contributed by atoms with Crippen molar-refractivity contribution in [1.29, 1.82) is 0 Å². The van der Waals surface area contributed by atoms with E-state index < -0.39 is 5.66 Å². The van der Waals surface area contributed by atoms with Crippen LogP contribution in [-0.2, 0) is 16.5 Å². The number of nitrogens with zero attached hydrogens (tertiary/aromatic N) is 5. The summed E-state index contributed by atoms with van der Waals surface area (Å²) in [5, 5.41) is 7.61. The molecule has 6 aliphatic rings. The summed E-state index contributed by atoms with van der Waals surface area (Å²) in [6, 6.07) is 58.2. The summed E-state index contributed by atoms with van der Waals surface area (Å²) in [6.07, 6.45) is 0. The maximum atomic E-state index is 2.81. The molecule has 6 aliphatic heterocycles. The van der Waals surface area contributed by atoms with E-state index >= 15 is 0 Å². The Kier molecular flexibility index (Phi) is 4.77. The van der Waals surface area contributed by atoms with Crippen LogP contribution in [0.25, 0.3) is 60.6 Å². The van der Waals surface area contributed by atoms with E-state index in [9.17, 15) is 0 Å². The van der Waals surface area contributed by atoms with Gasteiger partial charge in [-0.1, -0.05) is 113 Å². The Hall–Kier alpha value is -7.24. The minimum Gasteiger partial charge on any atom is -0.308 e. The average molecular weight is 768 g/mol. The summed E-state index contributed by atoms with van der Waals surface area (Å²) in [4.78, 5) is 5.35. The van der Waals surface area contributed by atoms with Gasteiger partial charge in [0.15, 0.2) is 22.6 Å². The molecule has 1 unspecified atom stereocenters. The zero-order valence-corrected chi connectivity index (χ0v) is 33.7. The zero-order valence-electron chi connectivity index (χ0n) is 33.7. The molecule has 16 rings (SSSR count). The number of aromatic nitrogens is 3. The van der Waals surface area contributed by atoms with Gasteiger partial charge in [-0.25, -0.2) is 0 Å². The number of anilines is 6. The van der Waals surface area contributed by atoms with Crippen molar-refractivity contribution in [2.75, 3.05) is 9.80 Å². The minimum absolute atomic E-state index is 0.275. The molecule has 7 aromatic carbocycles. The second kappa shape index (κ2) is 9.30. The molecule has 0 amide bonds. The van der Waals surface area contributed by atoms with E-state index in [0.717, 1.165) is 0 Å². The number of fused-ring (bicyclic) bond motifs is 15. The molecule has 0 saturated heterocycles. The predicted octanol–water partition coefficient (Wildman–Crippen LogP) is 12.1. The maximum absolute atomic E-state index is 2.81. The second-order valence-electron chi connectivity index (χ2n) is 18.9. The van der Waals surface area contributed by atoms with Gasteiger partial charge in [-0.15, -0.1) is 0 Å². The van der Waals surface area contributed by atoms with Crippen molar-refractivity contribution in [3.8, 4) is 17.2 Å². The Morgan fingerprint density at radius 3 is 1.63 bits per heavy atom. The van der Waals surface area contributed by atoms with Crippen LogP contribution in [0.1, 0.15) is 61.1 Å². The summed E-state index contributed by atoms with van der Waals surface area (Å²) < 4.78 is 8.24. The van der Waals surface area contributed by atoms with Gasteiger partial charge in [-0.3, -0.25) is 0 Å². The molecule has 60 heavy (non-hydrogen) atoms. The van der Waals surface area contributed by atoms with Crippen LogP contribution in [-0.4, -0.2) is 4.57 Å². The zero-order chi connectivity index (χ0) is 39.3. The first-order chi connectivity index (χ1) is 29.3. The van der Waals surface area contributed by atoms with Gasteiger partial charge in [0, 0.05) is 55.6 Å². The van der Waals surface area contributed by atoms with E-state index in [1.54, 1.807) is 0 Å². The number of rotatable bonds is 0. The Morgan fingerprint density at radius 2 is 0.950 bits per heavy atom. The van der Waals surface area contributed by atoms with Crippen LogP contribution >= 0.6 is 0 Å². The molecule has 5 nitrogen and oxygen atoms in total. The molecule has 0 aliphatic carbocycles. The van der Waals surface area contributed by atoms with Crippen LogP contribution in [0.5, 0.6) is 0 Å². The van der Waals surface area contributed by atoms with Crippen LogP contribution in [0.15, 0.2) is 152 Å². The molecule has 3 aromatic heterocycles. The lowest BCUT2D eigenvalue weighted by Gasteiger charge is -2.53. The first kappa shape index (κ1) is 30.8. The molecule has 0 fully saturated rings. The Balaban J connectivity index is 1.28. The summed E-state index contributed by atoms with van der Waals surface area (Å²) in [5.41, 5.74) is 18.4. The van der Waals surface area contributed by atoms with Gasteiger partial charge in [0.1, 0.15) is 22.3 Å². The van der Waals surface area contributed by atoms with Crippen molar-refractivity contribution in [3.63, 3.8) is 0 Å². The van der Waals surface area contributed by atoms with E-state index in [2.05, 4.69) is 203 Å². The fourth-order valence-electron chi connectivity index (χ4n) is 13.3. The Morgan fingerprint density at radius 1 is 0.417 bits per heavy atom. The van der Waals surface area contributed by atoms with Gasteiger partial charge in [-0.05, 0) is 76.5 Å². The number of pyridine rings is 2. The van der Waals surface area contributed by atoms with Gasteiger partial charge in [-0.2, -0.15) is 18.6 Å². The Labute approximate surface area is 346 Å². The number of benzene rings is 7. The van der Waals surface area contributed by atoms with Crippen molar-refractivity contribution in [2.45, 2.75) is 44.2 Å². The molecular weight excluding hydrogens is 731 g/mol. The minimum atomic E-state index is -0.754. The first-order valence-electron chi connectivity index (χ1n) is 21.4. The summed E-state index contributed by atoms with van der Waals surface area (Å²) >= 11 is 0. The third-order valence-corrected chi connectivity index (χ3v) is 15.7. The standard InChI is InChI=1S/C55H37N5/c1-53(2)36-20-10-13-23-41(36)56-43-26-25-35-34-19-9-12-22-40(34)57-44-27-30-15-5-7-17-32(30)49-50-33-18-8-6-16-31(33)28-45-58-42-24-14-11-21-37(42)54(3,4)39-29-38(53)51(56)47(52(39)58)55(59(44)49,60(45)50)46(43)48(35)57/h5-29H,1-4H3/q+2. The van der Waals surface area contributed by atoms with Crippen molar-refractivity contribution in [1.82, 2.24) is 4.57 Å². The van der Waals surface area contributed by atoms with Gasteiger partial charge in [0.05, 0.1) is 17.1 Å². The monoisotopic (exact) mass is 767 g/mol. The SMILES string of the molecule is CC1(C)c2ccccc2N2c3ccc4c5ccccc5n5c4c3C34c6c2c1cc1c6N(c2ccccc2C1(C)C)c1cc2ccccc2c([n+]13)-c1c2ccccc2cc-5[n+]14.